The third kappa shape index (κ3) is 3.04. The van der Waals surface area contributed by atoms with Crippen LogP contribution in [0.5, 0.6) is 5.75 Å². The molecule has 1 saturated heterocycles. The average Bonchev–Trinajstić information content (AvgIpc) is 3.45. The lowest BCUT2D eigenvalue weighted by Gasteiger charge is -2.22. The number of hydrogen-bond acceptors (Lipinski definition) is 6. The van der Waals surface area contributed by atoms with Crippen molar-refractivity contribution < 1.29 is 27.9 Å². The lowest BCUT2D eigenvalue weighted by molar-refractivity contribution is 0.0953. The molecule has 0 radical (unpaired) electrons. The van der Waals surface area contributed by atoms with Crippen LogP contribution in [0, 0.1) is 0 Å². The standard InChI is InChI=1S/C18H18BrO6P/c1-22-15-10-6-13(7-11-15)18(26(21,23-2)24-3)17(25-18)16(20)12-4-8-14(19)9-5-12/h4-11,17H,1-3H3/t17-,18+/m1/s1. The number of epoxide rings is 1. The van der Waals surface area contributed by atoms with Crippen LogP contribution in [0.3, 0.4) is 0 Å². The highest BCUT2D eigenvalue weighted by Crippen LogP contribution is 2.74. The topological polar surface area (TPSA) is 74.4 Å². The Morgan fingerprint density at radius 3 is 2.12 bits per heavy atom. The van der Waals surface area contributed by atoms with Gasteiger partial charge < -0.3 is 18.5 Å². The van der Waals surface area contributed by atoms with Crippen molar-refractivity contribution >= 4 is 29.3 Å². The van der Waals surface area contributed by atoms with Gasteiger partial charge in [-0.05, 0) is 29.8 Å². The van der Waals surface area contributed by atoms with E-state index in [2.05, 4.69) is 15.9 Å². The second-order valence-corrected chi connectivity index (χ2v) is 8.96. The quantitative estimate of drug-likeness (QED) is 0.361. The predicted octanol–water partition coefficient (Wildman–Crippen LogP) is 4.38. The molecule has 1 aliphatic heterocycles. The number of carbonyl (C=O) groups is 1. The number of ether oxygens (including phenoxy) is 2. The Bertz CT molecular complexity index is 843. The van der Waals surface area contributed by atoms with Crippen molar-refractivity contribution in [2.24, 2.45) is 0 Å². The molecule has 1 fully saturated rings. The van der Waals surface area contributed by atoms with Gasteiger partial charge in [-0.1, -0.05) is 40.2 Å². The zero-order chi connectivity index (χ0) is 18.9. The molecule has 138 valence electrons. The SMILES string of the molecule is COc1ccc([C@@]2(P(=O)(OC)OC)O[C@@H]2C(=O)c2ccc(Br)cc2)cc1. The summed E-state index contributed by atoms with van der Waals surface area (Å²) in [4.78, 5) is 12.9. The highest BCUT2D eigenvalue weighted by atomic mass is 79.9. The van der Waals surface area contributed by atoms with Crippen molar-refractivity contribution in [2.45, 2.75) is 11.4 Å². The number of carbonyl (C=O) groups excluding carboxylic acids is 1. The number of methoxy groups -OCH3 is 1. The molecule has 0 spiro atoms. The van der Waals surface area contributed by atoms with Crippen LogP contribution in [-0.2, 0) is 23.7 Å². The van der Waals surface area contributed by atoms with E-state index < -0.39 is 19.0 Å². The Labute approximate surface area is 160 Å². The van der Waals surface area contributed by atoms with Gasteiger partial charge >= 0.3 is 7.60 Å². The van der Waals surface area contributed by atoms with E-state index in [1.807, 2.05) is 0 Å². The maximum Gasteiger partial charge on any atom is 0.369 e. The van der Waals surface area contributed by atoms with Gasteiger partial charge in [0.05, 0.1) is 7.11 Å². The van der Waals surface area contributed by atoms with Crippen LogP contribution in [0.15, 0.2) is 53.0 Å². The van der Waals surface area contributed by atoms with Crippen LogP contribution in [0.2, 0.25) is 0 Å². The molecule has 0 bridgehead atoms. The first-order chi connectivity index (χ1) is 12.4. The van der Waals surface area contributed by atoms with Crippen molar-refractivity contribution in [3.05, 3.63) is 64.1 Å². The molecule has 1 aliphatic rings. The zero-order valence-corrected chi connectivity index (χ0v) is 17.0. The summed E-state index contributed by atoms with van der Waals surface area (Å²) >= 11 is 3.34. The summed E-state index contributed by atoms with van der Waals surface area (Å²) in [6, 6.07) is 13.7. The minimum atomic E-state index is -3.75. The first kappa shape index (κ1) is 19.3. The maximum atomic E-state index is 13.2. The van der Waals surface area contributed by atoms with E-state index in [9.17, 15) is 9.36 Å². The summed E-state index contributed by atoms with van der Waals surface area (Å²) in [5.41, 5.74) is 0.980. The minimum Gasteiger partial charge on any atom is -0.497 e. The number of halogens is 1. The monoisotopic (exact) mass is 440 g/mol. The molecule has 0 unspecified atom stereocenters. The summed E-state index contributed by atoms with van der Waals surface area (Å²) < 4.78 is 35.3. The van der Waals surface area contributed by atoms with Gasteiger partial charge in [-0.25, -0.2) is 0 Å². The molecule has 0 aliphatic carbocycles. The molecular formula is C18H18BrO6P. The summed E-state index contributed by atoms with van der Waals surface area (Å²) in [5, 5.41) is -1.48. The average molecular weight is 441 g/mol. The summed E-state index contributed by atoms with van der Waals surface area (Å²) in [6.07, 6.45) is -0.970. The fraction of sp³-hybridized carbons (Fsp3) is 0.278. The van der Waals surface area contributed by atoms with Gasteiger partial charge in [-0.3, -0.25) is 9.36 Å². The van der Waals surface area contributed by atoms with Gasteiger partial charge in [0.1, 0.15) is 5.75 Å². The number of benzene rings is 2. The first-order valence-electron chi connectivity index (χ1n) is 7.75. The van der Waals surface area contributed by atoms with E-state index in [0.717, 1.165) is 4.47 Å². The van der Waals surface area contributed by atoms with Crippen molar-refractivity contribution in [3.63, 3.8) is 0 Å². The van der Waals surface area contributed by atoms with Crippen molar-refractivity contribution in [1.82, 2.24) is 0 Å². The normalized spacial score (nSPS) is 22.1. The third-order valence-electron chi connectivity index (χ3n) is 4.35. The molecule has 0 aromatic heterocycles. The second kappa shape index (κ2) is 7.25. The molecule has 2 atom stereocenters. The van der Waals surface area contributed by atoms with E-state index in [1.165, 1.54) is 14.2 Å². The fourth-order valence-corrected chi connectivity index (χ4v) is 4.96. The van der Waals surface area contributed by atoms with E-state index in [4.69, 9.17) is 18.5 Å². The van der Waals surface area contributed by atoms with Gasteiger partial charge in [0.2, 0.25) is 5.34 Å². The van der Waals surface area contributed by atoms with Crippen molar-refractivity contribution in [1.29, 1.82) is 0 Å². The molecule has 8 heteroatoms. The van der Waals surface area contributed by atoms with Crippen LogP contribution >= 0.6 is 23.5 Å². The van der Waals surface area contributed by atoms with Gasteiger partial charge in [-0.2, -0.15) is 0 Å². The predicted molar refractivity (Wildman–Crippen MR) is 99.6 cm³/mol. The second-order valence-electron chi connectivity index (χ2n) is 5.66. The van der Waals surface area contributed by atoms with E-state index >= 15 is 0 Å². The largest absolute Gasteiger partial charge is 0.497 e. The lowest BCUT2D eigenvalue weighted by Crippen LogP contribution is -2.21. The smallest absolute Gasteiger partial charge is 0.369 e. The number of rotatable bonds is 7. The lowest BCUT2D eigenvalue weighted by atomic mass is 10.0. The molecular weight excluding hydrogens is 423 g/mol. The Morgan fingerprint density at radius 1 is 1.04 bits per heavy atom. The molecule has 6 nitrogen and oxygen atoms in total. The molecule has 26 heavy (non-hydrogen) atoms. The van der Waals surface area contributed by atoms with Crippen LogP contribution in [-0.4, -0.2) is 33.2 Å². The number of ketones is 1. The molecule has 0 amide bonds. The Morgan fingerprint density at radius 2 is 1.62 bits per heavy atom. The Balaban J connectivity index is 2.02. The van der Waals surface area contributed by atoms with Crippen LogP contribution < -0.4 is 4.74 Å². The maximum absolute atomic E-state index is 13.2. The van der Waals surface area contributed by atoms with Gasteiger partial charge in [0.25, 0.3) is 0 Å². The molecule has 0 N–H and O–H groups in total. The number of hydrogen-bond donors (Lipinski definition) is 0. The first-order valence-corrected chi connectivity index (χ1v) is 10.1. The van der Waals surface area contributed by atoms with Crippen molar-refractivity contribution in [3.8, 4) is 5.75 Å². The minimum absolute atomic E-state index is 0.289. The van der Waals surface area contributed by atoms with Gasteiger partial charge in [0.15, 0.2) is 11.9 Å². The van der Waals surface area contributed by atoms with Gasteiger partial charge in [0, 0.05) is 24.3 Å². The summed E-state index contributed by atoms with van der Waals surface area (Å²) in [6.45, 7) is 0. The zero-order valence-electron chi connectivity index (χ0n) is 14.5. The molecule has 1 heterocycles. The fourth-order valence-electron chi connectivity index (χ4n) is 2.90. The third-order valence-corrected chi connectivity index (χ3v) is 7.26. The summed E-state index contributed by atoms with van der Waals surface area (Å²) in [7, 11) is 0.350. The van der Waals surface area contributed by atoms with E-state index in [-0.39, 0.29) is 5.78 Å². The highest BCUT2D eigenvalue weighted by molar-refractivity contribution is 9.10. The van der Waals surface area contributed by atoms with Crippen LogP contribution in [0.4, 0.5) is 0 Å². The molecule has 2 aromatic carbocycles. The Kier molecular flexibility index (Phi) is 5.37. The van der Waals surface area contributed by atoms with E-state index in [1.54, 1.807) is 55.6 Å². The van der Waals surface area contributed by atoms with Crippen LogP contribution in [0.1, 0.15) is 15.9 Å². The van der Waals surface area contributed by atoms with E-state index in [0.29, 0.717) is 16.9 Å². The molecule has 3 rings (SSSR count). The van der Waals surface area contributed by atoms with Crippen LogP contribution in [0.25, 0.3) is 0 Å². The highest BCUT2D eigenvalue weighted by Gasteiger charge is 2.74. The van der Waals surface area contributed by atoms with Gasteiger partial charge in [-0.15, -0.1) is 0 Å². The Hall–Kier alpha value is -1.50. The van der Waals surface area contributed by atoms with Crippen molar-refractivity contribution in [2.75, 3.05) is 21.3 Å². The number of Topliss-reactive ketones (excluding diaryl/α,β-unsaturated/α-hetero) is 1. The summed E-state index contributed by atoms with van der Waals surface area (Å²) in [5.74, 6) is 0.340. The molecule has 0 saturated carbocycles. The molecule has 2 aromatic rings.